The van der Waals surface area contributed by atoms with Crippen molar-refractivity contribution < 1.29 is 14.6 Å². The van der Waals surface area contributed by atoms with E-state index in [0.717, 1.165) is 11.4 Å². The fraction of sp³-hybridized carbons (Fsp3) is 0.176. The Balaban J connectivity index is 1.63. The van der Waals surface area contributed by atoms with E-state index in [1.54, 1.807) is 36.9 Å². The lowest BCUT2D eigenvalue weighted by atomic mass is 10.2. The molecule has 0 aliphatic heterocycles. The molecular formula is C17H17N5O3S. The van der Waals surface area contributed by atoms with Gasteiger partial charge in [-0.25, -0.2) is 0 Å². The van der Waals surface area contributed by atoms with Crippen molar-refractivity contribution in [3.05, 3.63) is 48.0 Å². The van der Waals surface area contributed by atoms with Gasteiger partial charge >= 0.3 is 0 Å². The number of aromatic hydroxyl groups is 1. The van der Waals surface area contributed by atoms with Crippen LogP contribution in [0.15, 0.2) is 47.6 Å². The van der Waals surface area contributed by atoms with Gasteiger partial charge in [0.15, 0.2) is 0 Å². The average molecular weight is 371 g/mol. The summed E-state index contributed by atoms with van der Waals surface area (Å²) in [4.78, 5) is 12.1. The standard InChI is InChI=1S/C17H17N5O3S/c1-11-9-12(3-8-15(11)23)18-16(24)10-26-17-19-20-21-22(17)13-4-6-14(25-2)7-5-13/h3-9,23H,10H2,1-2H3,(H,18,24). The zero-order valence-corrected chi connectivity index (χ0v) is 15.0. The number of phenolic OH excluding ortho intramolecular Hbond substituents is 1. The van der Waals surface area contributed by atoms with E-state index in [1.165, 1.54) is 11.8 Å². The third-order valence-corrected chi connectivity index (χ3v) is 4.49. The van der Waals surface area contributed by atoms with Crippen LogP contribution in [-0.4, -0.2) is 44.1 Å². The van der Waals surface area contributed by atoms with Crippen LogP contribution in [0.5, 0.6) is 11.5 Å². The summed E-state index contributed by atoms with van der Waals surface area (Å²) >= 11 is 1.23. The first-order chi connectivity index (χ1) is 12.6. The number of ether oxygens (including phenoxy) is 1. The first kappa shape index (κ1) is 17.7. The molecule has 2 aromatic carbocycles. The second-order valence-corrected chi connectivity index (χ2v) is 6.35. The van der Waals surface area contributed by atoms with Crippen LogP contribution in [-0.2, 0) is 4.79 Å². The minimum Gasteiger partial charge on any atom is -0.508 e. The zero-order chi connectivity index (χ0) is 18.5. The fourth-order valence-corrected chi connectivity index (χ4v) is 2.91. The largest absolute Gasteiger partial charge is 0.508 e. The van der Waals surface area contributed by atoms with Gasteiger partial charge in [0.05, 0.1) is 18.6 Å². The van der Waals surface area contributed by atoms with Crippen molar-refractivity contribution in [3.63, 3.8) is 0 Å². The SMILES string of the molecule is COc1ccc(-n2nnnc2SCC(=O)Nc2ccc(O)c(C)c2)cc1. The molecule has 0 saturated carbocycles. The first-order valence-corrected chi connectivity index (χ1v) is 8.70. The maximum Gasteiger partial charge on any atom is 0.234 e. The van der Waals surface area contributed by atoms with Crippen LogP contribution in [0.1, 0.15) is 5.56 Å². The van der Waals surface area contributed by atoms with Crippen LogP contribution in [0.25, 0.3) is 5.69 Å². The Kier molecular flexibility index (Phi) is 5.37. The maximum absolute atomic E-state index is 12.1. The van der Waals surface area contributed by atoms with Crippen LogP contribution in [0.2, 0.25) is 0 Å². The van der Waals surface area contributed by atoms with Gasteiger partial charge < -0.3 is 15.2 Å². The van der Waals surface area contributed by atoms with Gasteiger partial charge in [-0.1, -0.05) is 11.8 Å². The molecule has 0 atom stereocenters. The van der Waals surface area contributed by atoms with Crippen molar-refractivity contribution in [1.82, 2.24) is 20.2 Å². The lowest BCUT2D eigenvalue weighted by Gasteiger charge is -2.07. The second-order valence-electron chi connectivity index (χ2n) is 5.41. The molecule has 0 bridgehead atoms. The first-order valence-electron chi connectivity index (χ1n) is 7.72. The fourth-order valence-electron chi connectivity index (χ4n) is 2.21. The Bertz CT molecular complexity index is 911. The Labute approximate surface area is 154 Å². The Morgan fingerprint density at radius 3 is 2.73 bits per heavy atom. The van der Waals surface area contributed by atoms with Gasteiger partial charge in [-0.15, -0.1) is 5.10 Å². The molecule has 2 N–H and O–H groups in total. The highest BCUT2D eigenvalue weighted by Gasteiger charge is 2.12. The van der Waals surface area contributed by atoms with Gasteiger partial charge in [0, 0.05) is 5.69 Å². The Morgan fingerprint density at radius 2 is 2.04 bits per heavy atom. The quantitative estimate of drug-likeness (QED) is 0.507. The maximum atomic E-state index is 12.1. The normalized spacial score (nSPS) is 10.5. The van der Waals surface area contributed by atoms with Crippen molar-refractivity contribution in [2.45, 2.75) is 12.1 Å². The molecule has 0 saturated heterocycles. The highest BCUT2D eigenvalue weighted by molar-refractivity contribution is 7.99. The third-order valence-electron chi connectivity index (χ3n) is 3.57. The minimum absolute atomic E-state index is 0.149. The van der Waals surface area contributed by atoms with Crippen LogP contribution in [0, 0.1) is 6.92 Å². The summed E-state index contributed by atoms with van der Waals surface area (Å²) in [6, 6.07) is 12.2. The summed E-state index contributed by atoms with van der Waals surface area (Å²) in [6.07, 6.45) is 0. The van der Waals surface area contributed by atoms with E-state index >= 15 is 0 Å². The molecule has 0 aliphatic rings. The molecule has 0 fully saturated rings. The van der Waals surface area contributed by atoms with Crippen LogP contribution < -0.4 is 10.1 Å². The molecule has 3 aromatic rings. The topological polar surface area (TPSA) is 102 Å². The second kappa shape index (κ2) is 7.87. The predicted molar refractivity (Wildman–Crippen MR) is 97.9 cm³/mol. The van der Waals surface area contributed by atoms with Crippen molar-refractivity contribution in [3.8, 4) is 17.2 Å². The number of carbonyl (C=O) groups is 1. The number of amides is 1. The van der Waals surface area contributed by atoms with E-state index in [9.17, 15) is 9.90 Å². The smallest absolute Gasteiger partial charge is 0.234 e. The number of nitrogens with zero attached hydrogens (tertiary/aromatic N) is 4. The number of thioether (sulfide) groups is 1. The number of carbonyl (C=O) groups excluding carboxylic acids is 1. The monoisotopic (exact) mass is 371 g/mol. The number of aromatic nitrogens is 4. The summed E-state index contributed by atoms with van der Waals surface area (Å²) in [7, 11) is 1.60. The van der Waals surface area contributed by atoms with E-state index in [1.807, 2.05) is 24.3 Å². The Morgan fingerprint density at radius 1 is 1.27 bits per heavy atom. The van der Waals surface area contributed by atoms with Crippen LogP contribution in [0.4, 0.5) is 5.69 Å². The molecule has 0 unspecified atom stereocenters. The molecular weight excluding hydrogens is 354 g/mol. The molecule has 3 rings (SSSR count). The molecule has 0 aliphatic carbocycles. The van der Waals surface area contributed by atoms with Gasteiger partial charge in [0.1, 0.15) is 11.5 Å². The predicted octanol–water partition coefficient (Wildman–Crippen LogP) is 2.42. The van der Waals surface area contributed by atoms with Gasteiger partial charge in [-0.05, 0) is 65.4 Å². The number of aryl methyl sites for hydroxylation is 1. The summed E-state index contributed by atoms with van der Waals surface area (Å²) in [5, 5.41) is 24.4. The number of rotatable bonds is 6. The molecule has 0 spiro atoms. The molecule has 1 heterocycles. The molecule has 9 heteroatoms. The van der Waals surface area contributed by atoms with E-state index < -0.39 is 0 Å². The Hall–Kier alpha value is -3.07. The van der Waals surface area contributed by atoms with Gasteiger partial charge in [-0.2, -0.15) is 4.68 Å². The molecule has 1 amide bonds. The van der Waals surface area contributed by atoms with Crippen molar-refractivity contribution >= 4 is 23.4 Å². The highest BCUT2D eigenvalue weighted by Crippen LogP contribution is 2.22. The highest BCUT2D eigenvalue weighted by atomic mass is 32.2. The lowest BCUT2D eigenvalue weighted by Crippen LogP contribution is -2.14. The van der Waals surface area contributed by atoms with E-state index in [0.29, 0.717) is 16.4 Å². The average Bonchev–Trinajstić information content (AvgIpc) is 3.12. The number of benzene rings is 2. The summed E-state index contributed by atoms with van der Waals surface area (Å²) < 4.78 is 6.69. The number of hydrogen-bond acceptors (Lipinski definition) is 7. The van der Waals surface area contributed by atoms with E-state index in [4.69, 9.17) is 4.74 Å². The number of nitrogens with one attached hydrogen (secondary N) is 1. The van der Waals surface area contributed by atoms with Crippen LogP contribution >= 0.6 is 11.8 Å². The molecule has 134 valence electrons. The number of phenols is 1. The van der Waals surface area contributed by atoms with Crippen molar-refractivity contribution in [2.24, 2.45) is 0 Å². The molecule has 8 nitrogen and oxygen atoms in total. The lowest BCUT2D eigenvalue weighted by molar-refractivity contribution is -0.113. The zero-order valence-electron chi connectivity index (χ0n) is 14.2. The summed E-state index contributed by atoms with van der Waals surface area (Å²) in [5.41, 5.74) is 2.09. The van der Waals surface area contributed by atoms with Gasteiger partial charge in [-0.3, -0.25) is 4.79 Å². The molecule has 26 heavy (non-hydrogen) atoms. The van der Waals surface area contributed by atoms with Gasteiger partial charge in [0.25, 0.3) is 0 Å². The third kappa shape index (κ3) is 4.12. The number of anilines is 1. The van der Waals surface area contributed by atoms with Crippen LogP contribution in [0.3, 0.4) is 0 Å². The molecule has 1 aromatic heterocycles. The van der Waals surface area contributed by atoms with Crippen molar-refractivity contribution in [2.75, 3.05) is 18.2 Å². The summed E-state index contributed by atoms with van der Waals surface area (Å²) in [5.74, 6) is 0.885. The number of hydrogen-bond donors (Lipinski definition) is 2. The number of methoxy groups -OCH3 is 1. The van der Waals surface area contributed by atoms with Crippen molar-refractivity contribution in [1.29, 1.82) is 0 Å². The minimum atomic E-state index is -0.190. The van der Waals surface area contributed by atoms with E-state index in [2.05, 4.69) is 20.8 Å². The summed E-state index contributed by atoms with van der Waals surface area (Å²) in [6.45, 7) is 1.77. The number of tetrazole rings is 1. The van der Waals surface area contributed by atoms with Gasteiger partial charge in [0.2, 0.25) is 11.1 Å². The van der Waals surface area contributed by atoms with E-state index in [-0.39, 0.29) is 17.4 Å². The molecule has 0 radical (unpaired) electrons.